The maximum absolute atomic E-state index is 13.1. The second kappa shape index (κ2) is 8.32. The molecule has 2 aliphatic heterocycles. The van der Waals surface area contributed by atoms with Crippen molar-refractivity contribution >= 4 is 23.3 Å². The van der Waals surface area contributed by atoms with Gasteiger partial charge in [-0.3, -0.25) is 4.79 Å². The van der Waals surface area contributed by atoms with Crippen molar-refractivity contribution in [3.8, 4) is 0 Å². The fourth-order valence-electron chi connectivity index (χ4n) is 3.62. The lowest BCUT2D eigenvalue weighted by Crippen LogP contribution is -2.62. The van der Waals surface area contributed by atoms with Crippen molar-refractivity contribution in [2.45, 2.75) is 45.1 Å². The number of rotatable bonds is 9. The maximum Gasteiger partial charge on any atom is 0.451 e. The summed E-state index contributed by atoms with van der Waals surface area (Å²) in [6.45, 7) is 4.97. The van der Waals surface area contributed by atoms with E-state index in [1.807, 2.05) is 13.8 Å². The van der Waals surface area contributed by atoms with Crippen molar-refractivity contribution in [3.05, 3.63) is 0 Å². The van der Waals surface area contributed by atoms with E-state index in [2.05, 4.69) is 5.32 Å². The average molecular weight is 377 g/mol. The maximum atomic E-state index is 13.1. The lowest BCUT2D eigenvalue weighted by atomic mass is 9.80. The highest BCUT2D eigenvalue weighted by atomic mass is 32.2. The SMILES string of the molecule is CC(C)N(C1CNC1)S(=O)(=O)N1CC(CCCB(O)O)C(C(=O)O)C1. The number of nitrogens with one attached hydrogen (secondary N) is 1. The molecule has 2 fully saturated rings. The van der Waals surface area contributed by atoms with Gasteiger partial charge in [-0.05, 0) is 32.5 Å². The van der Waals surface area contributed by atoms with Crippen molar-refractivity contribution in [1.82, 2.24) is 13.9 Å². The zero-order valence-electron chi connectivity index (χ0n) is 14.7. The number of carboxylic acid groups (broad SMARTS) is 1. The Morgan fingerprint density at radius 1 is 1.32 bits per heavy atom. The molecule has 0 bridgehead atoms. The predicted octanol–water partition coefficient (Wildman–Crippen LogP) is -1.20. The van der Waals surface area contributed by atoms with E-state index in [0.29, 0.717) is 25.9 Å². The average Bonchev–Trinajstić information content (AvgIpc) is 2.86. The van der Waals surface area contributed by atoms with Gasteiger partial charge in [-0.1, -0.05) is 6.42 Å². The van der Waals surface area contributed by atoms with Crippen molar-refractivity contribution in [2.75, 3.05) is 26.2 Å². The Labute approximate surface area is 149 Å². The topological polar surface area (TPSA) is 130 Å². The Balaban J connectivity index is 2.11. The third-order valence-electron chi connectivity index (χ3n) is 4.98. The Hall–Kier alpha value is -0.715. The van der Waals surface area contributed by atoms with Gasteiger partial charge in [0.25, 0.3) is 10.2 Å². The second-order valence-corrected chi connectivity index (χ2v) is 9.01. The lowest BCUT2D eigenvalue weighted by molar-refractivity contribution is -0.142. The summed E-state index contributed by atoms with van der Waals surface area (Å²) in [4.78, 5) is 11.5. The van der Waals surface area contributed by atoms with E-state index in [1.54, 1.807) is 0 Å². The van der Waals surface area contributed by atoms with Crippen molar-refractivity contribution in [1.29, 1.82) is 0 Å². The van der Waals surface area contributed by atoms with E-state index in [9.17, 15) is 18.3 Å². The molecule has 11 heteroatoms. The minimum Gasteiger partial charge on any atom is -0.481 e. The molecule has 144 valence electrons. The van der Waals surface area contributed by atoms with Gasteiger partial charge in [-0.25, -0.2) is 0 Å². The van der Waals surface area contributed by atoms with E-state index in [0.717, 1.165) is 0 Å². The summed E-state index contributed by atoms with van der Waals surface area (Å²) in [6, 6.07) is -0.305. The Bertz CT molecular complexity index is 569. The van der Waals surface area contributed by atoms with Gasteiger partial charge in [-0.2, -0.15) is 17.0 Å². The van der Waals surface area contributed by atoms with Gasteiger partial charge in [0.1, 0.15) is 0 Å². The molecule has 2 atom stereocenters. The lowest BCUT2D eigenvalue weighted by Gasteiger charge is -2.41. The number of carbonyl (C=O) groups is 1. The van der Waals surface area contributed by atoms with Crippen molar-refractivity contribution < 1.29 is 28.4 Å². The molecule has 0 aromatic carbocycles. The highest BCUT2D eigenvalue weighted by Gasteiger charge is 2.46. The molecule has 0 amide bonds. The number of carboxylic acids is 1. The molecule has 2 rings (SSSR count). The first-order valence-electron chi connectivity index (χ1n) is 8.72. The molecular formula is C14H28BN3O6S. The molecule has 0 saturated carbocycles. The van der Waals surface area contributed by atoms with Crippen molar-refractivity contribution in [2.24, 2.45) is 11.8 Å². The third kappa shape index (κ3) is 4.72. The quantitative estimate of drug-likeness (QED) is 0.371. The zero-order chi connectivity index (χ0) is 18.8. The standard InChI is InChI=1S/C14H28BN3O6S/c1-10(2)18(12-6-16-7-12)25(23,24)17-8-11(4-3-5-15(21)22)13(9-17)14(19)20/h10-13,16,21-22H,3-9H2,1-2H3,(H,19,20). The molecule has 2 heterocycles. The molecule has 0 aliphatic carbocycles. The van der Waals surface area contributed by atoms with Gasteiger partial charge in [0, 0.05) is 32.2 Å². The van der Waals surface area contributed by atoms with Crippen LogP contribution in [0.5, 0.6) is 0 Å². The Morgan fingerprint density at radius 2 is 1.96 bits per heavy atom. The number of nitrogens with zero attached hydrogens (tertiary/aromatic N) is 2. The van der Waals surface area contributed by atoms with Crippen LogP contribution in [-0.4, -0.2) is 83.5 Å². The highest BCUT2D eigenvalue weighted by Crippen LogP contribution is 2.32. The third-order valence-corrected chi connectivity index (χ3v) is 7.19. The molecule has 0 radical (unpaired) electrons. The normalized spacial score (nSPS) is 25.5. The molecule has 2 unspecified atom stereocenters. The van der Waals surface area contributed by atoms with Crippen LogP contribution in [0.25, 0.3) is 0 Å². The first kappa shape index (κ1) is 20.6. The predicted molar refractivity (Wildman–Crippen MR) is 93.0 cm³/mol. The van der Waals surface area contributed by atoms with Crippen LogP contribution in [0, 0.1) is 11.8 Å². The molecule has 2 saturated heterocycles. The minimum absolute atomic E-state index is 0.0343. The van der Waals surface area contributed by atoms with E-state index in [4.69, 9.17) is 10.0 Å². The number of aliphatic carboxylic acids is 1. The molecule has 25 heavy (non-hydrogen) atoms. The zero-order valence-corrected chi connectivity index (χ0v) is 15.5. The smallest absolute Gasteiger partial charge is 0.451 e. The van der Waals surface area contributed by atoms with Crippen LogP contribution in [0.4, 0.5) is 0 Å². The Kier molecular flexibility index (Phi) is 6.85. The van der Waals surface area contributed by atoms with Gasteiger partial charge in [0.2, 0.25) is 0 Å². The summed E-state index contributed by atoms with van der Waals surface area (Å²) >= 11 is 0. The van der Waals surface area contributed by atoms with E-state index in [-0.39, 0.29) is 37.4 Å². The van der Waals surface area contributed by atoms with Crippen LogP contribution in [0.15, 0.2) is 0 Å². The molecule has 0 aromatic rings. The van der Waals surface area contributed by atoms with Gasteiger partial charge >= 0.3 is 13.1 Å². The molecular weight excluding hydrogens is 349 g/mol. The van der Waals surface area contributed by atoms with E-state index >= 15 is 0 Å². The first-order chi connectivity index (χ1) is 11.6. The number of hydrogen-bond donors (Lipinski definition) is 4. The second-order valence-electron chi connectivity index (χ2n) is 7.18. The monoisotopic (exact) mass is 377 g/mol. The van der Waals surface area contributed by atoms with Crippen LogP contribution in [0.1, 0.15) is 26.7 Å². The molecule has 4 N–H and O–H groups in total. The van der Waals surface area contributed by atoms with E-state index < -0.39 is 29.2 Å². The largest absolute Gasteiger partial charge is 0.481 e. The molecule has 9 nitrogen and oxygen atoms in total. The summed E-state index contributed by atoms with van der Waals surface area (Å²) in [6.07, 6.45) is 1.05. The van der Waals surface area contributed by atoms with Crippen LogP contribution in [0.3, 0.4) is 0 Å². The van der Waals surface area contributed by atoms with Crippen LogP contribution in [-0.2, 0) is 15.0 Å². The summed E-state index contributed by atoms with van der Waals surface area (Å²) in [7, 11) is -5.16. The molecule has 2 aliphatic rings. The fraction of sp³-hybridized carbons (Fsp3) is 0.929. The van der Waals surface area contributed by atoms with Crippen LogP contribution < -0.4 is 5.32 Å². The summed E-state index contributed by atoms with van der Waals surface area (Å²) < 4.78 is 28.9. The number of hydrogen-bond acceptors (Lipinski definition) is 6. The first-order valence-corrected chi connectivity index (χ1v) is 10.1. The van der Waals surface area contributed by atoms with Crippen LogP contribution >= 0.6 is 0 Å². The minimum atomic E-state index is -3.74. The summed E-state index contributed by atoms with van der Waals surface area (Å²) in [5.74, 6) is -2.09. The van der Waals surface area contributed by atoms with Gasteiger partial charge < -0.3 is 20.5 Å². The fourth-order valence-corrected chi connectivity index (χ4v) is 5.67. The van der Waals surface area contributed by atoms with Gasteiger partial charge in [-0.15, -0.1) is 0 Å². The summed E-state index contributed by atoms with van der Waals surface area (Å²) in [5, 5.41) is 30.4. The molecule has 0 aromatic heterocycles. The molecule has 0 spiro atoms. The summed E-state index contributed by atoms with van der Waals surface area (Å²) in [5.41, 5.74) is 0. The van der Waals surface area contributed by atoms with E-state index in [1.165, 1.54) is 8.61 Å². The highest BCUT2D eigenvalue weighted by molar-refractivity contribution is 7.86. The van der Waals surface area contributed by atoms with Gasteiger partial charge in [0.15, 0.2) is 0 Å². The van der Waals surface area contributed by atoms with Gasteiger partial charge in [0.05, 0.1) is 12.0 Å². The van der Waals surface area contributed by atoms with Crippen LogP contribution in [0.2, 0.25) is 6.32 Å². The Morgan fingerprint density at radius 3 is 2.40 bits per heavy atom. The van der Waals surface area contributed by atoms with Crippen molar-refractivity contribution in [3.63, 3.8) is 0 Å².